The molecule has 0 amide bonds. The molecule has 2 aliphatic rings. The number of hydrogen-bond acceptors (Lipinski definition) is 10. The monoisotopic (exact) mass is 582 g/mol. The Kier molecular flexibility index (Phi) is 10.9. The van der Waals surface area contributed by atoms with Crippen LogP contribution in [0.2, 0.25) is 0 Å². The number of benzene rings is 1. The van der Waals surface area contributed by atoms with Gasteiger partial charge in [0.15, 0.2) is 0 Å². The number of piperidine rings is 1. The molecule has 2 aliphatic heterocycles. The largest absolute Gasteiger partial charge is 0.508 e. The Balaban J connectivity index is 1.30. The van der Waals surface area contributed by atoms with Gasteiger partial charge >= 0.3 is 17.8 Å². The fourth-order valence-corrected chi connectivity index (χ4v) is 5.20. The summed E-state index contributed by atoms with van der Waals surface area (Å²) in [5, 5.41) is 3.56. The SMILES string of the molecule is C#Cc1ccc(CN(CCOC(=O)OC[C@H]2O[C@@H](n3cc(C)c(=O)[nH]c3=O)C[C@@H]2OC(C)=O)CC2CCCCN2)cc1. The summed E-state index contributed by atoms with van der Waals surface area (Å²) < 4.78 is 23.1. The van der Waals surface area contributed by atoms with Crippen molar-refractivity contribution in [3.8, 4) is 12.3 Å². The molecule has 12 heteroatoms. The molecule has 2 N–H and O–H groups in total. The fraction of sp³-hybridized carbons (Fsp3) is 0.533. The second-order valence-corrected chi connectivity index (χ2v) is 10.6. The molecule has 0 radical (unpaired) electrons. The number of hydrogen-bond donors (Lipinski definition) is 2. The van der Waals surface area contributed by atoms with E-state index >= 15 is 0 Å². The molecule has 2 saturated heterocycles. The highest BCUT2D eigenvalue weighted by Crippen LogP contribution is 2.30. The third-order valence-corrected chi connectivity index (χ3v) is 7.36. The van der Waals surface area contributed by atoms with Crippen LogP contribution in [0.5, 0.6) is 0 Å². The van der Waals surface area contributed by atoms with E-state index in [4.69, 9.17) is 25.4 Å². The number of nitrogens with zero attached hydrogens (tertiary/aromatic N) is 2. The van der Waals surface area contributed by atoms with Gasteiger partial charge in [-0.25, -0.2) is 9.59 Å². The van der Waals surface area contributed by atoms with Gasteiger partial charge < -0.3 is 24.3 Å². The van der Waals surface area contributed by atoms with Gasteiger partial charge in [-0.05, 0) is 44.0 Å². The molecule has 4 atom stereocenters. The summed E-state index contributed by atoms with van der Waals surface area (Å²) in [7, 11) is 0. The van der Waals surface area contributed by atoms with Crippen molar-refractivity contribution in [1.29, 1.82) is 0 Å². The first-order valence-corrected chi connectivity index (χ1v) is 14.2. The van der Waals surface area contributed by atoms with Crippen molar-refractivity contribution in [2.24, 2.45) is 0 Å². The summed E-state index contributed by atoms with van der Waals surface area (Å²) in [5.41, 5.74) is 1.10. The lowest BCUT2D eigenvalue weighted by Gasteiger charge is -2.30. The Labute approximate surface area is 244 Å². The number of aromatic nitrogens is 2. The molecule has 2 aromatic rings. The first-order valence-electron chi connectivity index (χ1n) is 14.2. The van der Waals surface area contributed by atoms with Crippen molar-refractivity contribution in [2.45, 2.75) is 70.6 Å². The number of carbonyl (C=O) groups is 2. The van der Waals surface area contributed by atoms with Crippen molar-refractivity contribution in [1.82, 2.24) is 19.8 Å². The van der Waals surface area contributed by atoms with Gasteiger partial charge in [-0.3, -0.25) is 24.0 Å². The van der Waals surface area contributed by atoms with Crippen LogP contribution < -0.4 is 16.6 Å². The van der Waals surface area contributed by atoms with Gasteiger partial charge in [-0.1, -0.05) is 24.5 Å². The van der Waals surface area contributed by atoms with Crippen LogP contribution in [0.4, 0.5) is 4.79 Å². The van der Waals surface area contributed by atoms with Crippen LogP contribution in [0.15, 0.2) is 40.1 Å². The first kappa shape index (κ1) is 31.0. The number of nitrogens with one attached hydrogen (secondary N) is 2. The number of aryl methyl sites for hydroxylation is 1. The molecule has 0 aliphatic carbocycles. The predicted molar refractivity (Wildman–Crippen MR) is 153 cm³/mol. The van der Waals surface area contributed by atoms with E-state index in [1.54, 1.807) is 6.92 Å². The highest BCUT2D eigenvalue weighted by molar-refractivity contribution is 5.66. The maximum Gasteiger partial charge on any atom is 0.508 e. The Morgan fingerprint density at radius 1 is 1.19 bits per heavy atom. The zero-order valence-corrected chi connectivity index (χ0v) is 24.0. The lowest BCUT2D eigenvalue weighted by atomic mass is 10.0. The zero-order valence-electron chi connectivity index (χ0n) is 24.0. The number of H-pyrrole nitrogens is 1. The molecule has 42 heavy (non-hydrogen) atoms. The van der Waals surface area contributed by atoms with E-state index in [0.29, 0.717) is 24.7 Å². The van der Waals surface area contributed by atoms with Crippen molar-refractivity contribution in [3.63, 3.8) is 0 Å². The summed E-state index contributed by atoms with van der Waals surface area (Å²) in [6.07, 6.45) is 7.15. The third kappa shape index (κ3) is 8.79. The minimum Gasteiger partial charge on any atom is -0.459 e. The van der Waals surface area contributed by atoms with E-state index in [-0.39, 0.29) is 19.6 Å². The molecule has 1 unspecified atom stereocenters. The number of carbonyl (C=O) groups excluding carboxylic acids is 2. The number of ether oxygens (including phenoxy) is 4. The van der Waals surface area contributed by atoms with Gasteiger partial charge in [0.25, 0.3) is 5.56 Å². The third-order valence-electron chi connectivity index (χ3n) is 7.36. The molecule has 2 fully saturated rings. The van der Waals surface area contributed by atoms with Crippen LogP contribution in [-0.2, 0) is 30.3 Å². The van der Waals surface area contributed by atoms with Crippen molar-refractivity contribution < 1.29 is 28.5 Å². The standard InChI is InChI=1S/C30H38N4O8/c1-4-22-8-10-23(11-9-22)17-33(18-24-7-5-6-12-31-24)13-14-39-30(38)40-19-26-25(41-21(3)35)15-27(42-26)34-16-20(2)28(36)32-29(34)37/h1,8-11,16,24-27,31H,5-7,12-15,17-19H2,2-3H3,(H,32,36,37)/t24?,25-,26+,27+/m0/s1. The van der Waals surface area contributed by atoms with Crippen LogP contribution in [0.25, 0.3) is 0 Å². The molecule has 0 spiro atoms. The van der Waals surface area contributed by atoms with Gasteiger partial charge in [0.05, 0.1) is 0 Å². The van der Waals surface area contributed by atoms with Gasteiger partial charge in [0.2, 0.25) is 0 Å². The van der Waals surface area contributed by atoms with Crippen LogP contribution >= 0.6 is 0 Å². The highest BCUT2D eigenvalue weighted by Gasteiger charge is 2.40. The molecule has 1 aromatic carbocycles. The van der Waals surface area contributed by atoms with Gasteiger partial charge in [-0.2, -0.15) is 0 Å². The molecule has 4 rings (SSSR count). The fourth-order valence-electron chi connectivity index (χ4n) is 5.20. The van der Waals surface area contributed by atoms with Crippen LogP contribution in [0, 0.1) is 19.3 Å². The second kappa shape index (κ2) is 14.8. The first-order chi connectivity index (χ1) is 20.2. The minimum atomic E-state index is -0.880. The van der Waals surface area contributed by atoms with Gasteiger partial charge in [0.1, 0.15) is 31.6 Å². The minimum absolute atomic E-state index is 0.113. The quantitative estimate of drug-likeness (QED) is 0.298. The maximum absolute atomic E-state index is 12.5. The van der Waals surface area contributed by atoms with Crippen LogP contribution in [0.1, 0.15) is 55.5 Å². The van der Waals surface area contributed by atoms with E-state index in [0.717, 1.165) is 30.6 Å². The molecule has 226 valence electrons. The summed E-state index contributed by atoms with van der Waals surface area (Å²) in [4.78, 5) is 52.6. The molecule has 1 aromatic heterocycles. The summed E-state index contributed by atoms with van der Waals surface area (Å²) in [5.74, 6) is 2.09. The van der Waals surface area contributed by atoms with E-state index in [1.165, 1.54) is 30.5 Å². The molecule has 0 bridgehead atoms. The molecule has 12 nitrogen and oxygen atoms in total. The maximum atomic E-state index is 12.5. The predicted octanol–water partition coefficient (Wildman–Crippen LogP) is 1.84. The lowest BCUT2D eigenvalue weighted by molar-refractivity contribution is -0.150. The molecule has 0 saturated carbocycles. The Morgan fingerprint density at radius 3 is 2.67 bits per heavy atom. The average Bonchev–Trinajstić information content (AvgIpc) is 3.36. The summed E-state index contributed by atoms with van der Waals surface area (Å²) in [6, 6.07) is 8.19. The average molecular weight is 583 g/mol. The number of rotatable bonds is 11. The van der Waals surface area contributed by atoms with Crippen LogP contribution in [0.3, 0.4) is 0 Å². The Morgan fingerprint density at radius 2 is 1.98 bits per heavy atom. The Bertz CT molecular complexity index is 1370. The lowest BCUT2D eigenvalue weighted by Crippen LogP contribution is -2.44. The number of aromatic amines is 1. The van der Waals surface area contributed by atoms with Gasteiger partial charge in [0, 0.05) is 56.3 Å². The van der Waals surface area contributed by atoms with Crippen molar-refractivity contribution in [2.75, 3.05) is 32.8 Å². The van der Waals surface area contributed by atoms with Crippen molar-refractivity contribution in [3.05, 3.63) is 68.0 Å². The topological polar surface area (TPSA) is 141 Å². The van der Waals surface area contributed by atoms with Gasteiger partial charge in [-0.15, -0.1) is 6.42 Å². The molecular formula is C30H38N4O8. The number of esters is 1. The van der Waals surface area contributed by atoms with E-state index in [9.17, 15) is 19.2 Å². The molecular weight excluding hydrogens is 544 g/mol. The van der Waals surface area contributed by atoms with E-state index < -0.39 is 41.8 Å². The second-order valence-electron chi connectivity index (χ2n) is 10.6. The van der Waals surface area contributed by atoms with Crippen LogP contribution in [-0.4, -0.2) is 77.7 Å². The Hall–Kier alpha value is -3.92. The summed E-state index contributed by atoms with van der Waals surface area (Å²) in [6.45, 7) is 5.65. The smallest absolute Gasteiger partial charge is 0.459 e. The molecule has 3 heterocycles. The zero-order chi connectivity index (χ0) is 30.1. The normalized spacial score (nSPS) is 22.0. The summed E-state index contributed by atoms with van der Waals surface area (Å²) >= 11 is 0. The van der Waals surface area contributed by atoms with E-state index in [1.807, 2.05) is 24.3 Å². The van der Waals surface area contributed by atoms with E-state index in [2.05, 4.69) is 21.1 Å². The number of terminal acetylenes is 1. The highest BCUT2D eigenvalue weighted by atomic mass is 16.7. The van der Waals surface area contributed by atoms with Crippen molar-refractivity contribution >= 4 is 12.1 Å².